The second-order valence-corrected chi connectivity index (χ2v) is 5.88. The van der Waals surface area contributed by atoms with E-state index in [2.05, 4.69) is 9.98 Å². The van der Waals surface area contributed by atoms with Crippen LogP contribution in [0.5, 0.6) is 5.88 Å². The average Bonchev–Trinajstić information content (AvgIpc) is 2.57. The third-order valence-corrected chi connectivity index (χ3v) is 4.19. The average molecular weight is 331 g/mol. The van der Waals surface area contributed by atoms with Crippen LogP contribution in [0, 0.1) is 5.82 Å². The van der Waals surface area contributed by atoms with Crippen LogP contribution < -0.4 is 11.2 Å². The summed E-state index contributed by atoms with van der Waals surface area (Å²) in [6.45, 7) is 0. The fourth-order valence-corrected chi connectivity index (χ4v) is 2.89. The highest BCUT2D eigenvalue weighted by Crippen LogP contribution is 2.21. The van der Waals surface area contributed by atoms with Gasteiger partial charge in [-0.1, -0.05) is 19.3 Å². The molecular weight excluding hydrogens is 313 g/mol. The number of rotatable bonds is 3. The van der Waals surface area contributed by atoms with Crippen LogP contribution in [0.25, 0.3) is 5.69 Å². The van der Waals surface area contributed by atoms with E-state index >= 15 is 0 Å². The lowest BCUT2D eigenvalue weighted by atomic mass is 9.96. The molecule has 0 saturated heterocycles. The van der Waals surface area contributed by atoms with E-state index in [1.54, 1.807) is 0 Å². The Morgan fingerprint density at radius 3 is 2.50 bits per heavy atom. The quantitative estimate of drug-likeness (QED) is 0.845. The summed E-state index contributed by atoms with van der Waals surface area (Å²) in [6, 6.07) is 5.15. The molecule has 1 aromatic heterocycles. The summed E-state index contributed by atoms with van der Waals surface area (Å²) in [4.78, 5) is 30.5. The van der Waals surface area contributed by atoms with Gasteiger partial charge in [0.1, 0.15) is 11.4 Å². The number of benzene rings is 1. The predicted molar refractivity (Wildman–Crippen MR) is 88.7 cm³/mol. The van der Waals surface area contributed by atoms with E-state index in [-0.39, 0.29) is 17.3 Å². The van der Waals surface area contributed by atoms with Crippen LogP contribution in [-0.4, -0.2) is 26.9 Å². The number of hydrogen-bond donors (Lipinski definition) is 2. The lowest BCUT2D eigenvalue weighted by Gasteiger charge is -2.17. The maximum atomic E-state index is 13.0. The topological polar surface area (TPSA) is 87.5 Å². The van der Waals surface area contributed by atoms with Gasteiger partial charge in [-0.2, -0.15) is 0 Å². The molecule has 0 bridgehead atoms. The van der Waals surface area contributed by atoms with E-state index in [9.17, 15) is 19.1 Å². The predicted octanol–water partition coefficient (Wildman–Crippen LogP) is 2.12. The molecule has 0 spiro atoms. The maximum Gasteiger partial charge on any atom is 0.335 e. The zero-order valence-corrected chi connectivity index (χ0v) is 13.0. The maximum absolute atomic E-state index is 13.0. The molecule has 2 aromatic rings. The van der Waals surface area contributed by atoms with Crippen LogP contribution in [0.4, 0.5) is 4.39 Å². The van der Waals surface area contributed by atoms with Crippen LogP contribution >= 0.6 is 0 Å². The van der Waals surface area contributed by atoms with Crippen molar-refractivity contribution in [1.29, 1.82) is 0 Å². The molecule has 6 nitrogen and oxygen atoms in total. The number of aromatic nitrogens is 2. The third-order valence-electron chi connectivity index (χ3n) is 4.19. The molecule has 7 heteroatoms. The Kier molecular flexibility index (Phi) is 4.59. The van der Waals surface area contributed by atoms with Crippen molar-refractivity contribution in [3.05, 3.63) is 56.5 Å². The minimum atomic E-state index is -0.793. The van der Waals surface area contributed by atoms with E-state index in [1.165, 1.54) is 36.9 Å². The van der Waals surface area contributed by atoms with Gasteiger partial charge in [0.05, 0.1) is 5.69 Å². The van der Waals surface area contributed by atoms with Crippen molar-refractivity contribution in [1.82, 2.24) is 9.55 Å². The summed E-state index contributed by atoms with van der Waals surface area (Å²) in [5, 5.41) is 10.4. The Labute approximate surface area is 137 Å². The Hall–Kier alpha value is -2.70. The molecule has 0 amide bonds. The summed E-state index contributed by atoms with van der Waals surface area (Å²) in [5.41, 5.74) is -1.32. The first-order valence-electron chi connectivity index (χ1n) is 7.93. The van der Waals surface area contributed by atoms with E-state index in [4.69, 9.17) is 0 Å². The Bertz CT molecular complexity index is 862. The number of H-pyrrole nitrogens is 1. The lowest BCUT2D eigenvalue weighted by Crippen LogP contribution is -2.31. The largest absolute Gasteiger partial charge is 0.493 e. The fraction of sp³-hybridized carbons (Fsp3) is 0.353. The summed E-state index contributed by atoms with van der Waals surface area (Å²) in [5.74, 6) is -0.968. The molecule has 2 N–H and O–H groups in total. The summed E-state index contributed by atoms with van der Waals surface area (Å²) in [7, 11) is 0. The highest BCUT2D eigenvalue weighted by molar-refractivity contribution is 5.82. The van der Waals surface area contributed by atoms with E-state index in [0.717, 1.165) is 30.3 Å². The van der Waals surface area contributed by atoms with Crippen LogP contribution in [0.1, 0.15) is 37.7 Å². The molecule has 1 fully saturated rings. The van der Waals surface area contributed by atoms with Gasteiger partial charge in [-0.15, -0.1) is 0 Å². The van der Waals surface area contributed by atoms with E-state index in [1.807, 2.05) is 0 Å². The number of hydrogen-bond acceptors (Lipinski definition) is 4. The SMILES string of the molecule is O=c1[nH]c(=O)n(-c2ccc(F)cc2)c(O)c1C=NC1CCCCC1. The number of aromatic hydroxyl groups is 1. The van der Waals surface area contributed by atoms with Crippen LogP contribution in [0.3, 0.4) is 0 Å². The number of aromatic amines is 1. The fourth-order valence-electron chi connectivity index (χ4n) is 2.89. The van der Waals surface area contributed by atoms with Gasteiger partial charge in [0.25, 0.3) is 5.56 Å². The Morgan fingerprint density at radius 2 is 1.83 bits per heavy atom. The van der Waals surface area contributed by atoms with E-state index < -0.39 is 22.9 Å². The second kappa shape index (κ2) is 6.82. The molecule has 3 rings (SSSR count). The molecule has 1 aromatic carbocycles. The van der Waals surface area contributed by atoms with Crippen molar-refractivity contribution in [3.63, 3.8) is 0 Å². The number of aliphatic imine (C=N–C) groups is 1. The van der Waals surface area contributed by atoms with Crippen LogP contribution in [-0.2, 0) is 0 Å². The molecule has 0 atom stereocenters. The molecule has 126 valence electrons. The summed E-state index contributed by atoms with van der Waals surface area (Å²) < 4.78 is 14.0. The molecule has 24 heavy (non-hydrogen) atoms. The zero-order chi connectivity index (χ0) is 17.1. The van der Waals surface area contributed by atoms with Gasteiger partial charge in [0.15, 0.2) is 0 Å². The first kappa shape index (κ1) is 16.2. The standard InChI is InChI=1S/C17H18FN3O3/c18-11-6-8-13(9-7-11)21-16(23)14(15(22)20-17(21)24)10-19-12-4-2-1-3-5-12/h6-10,12,23H,1-5H2,(H,20,22,24). The van der Waals surface area contributed by atoms with Gasteiger partial charge in [0.2, 0.25) is 5.88 Å². The van der Waals surface area contributed by atoms with Crippen molar-refractivity contribution in [3.8, 4) is 11.6 Å². The summed E-state index contributed by atoms with van der Waals surface area (Å²) in [6.07, 6.45) is 6.61. The first-order valence-corrected chi connectivity index (χ1v) is 7.93. The molecule has 1 aliphatic carbocycles. The molecule has 1 heterocycles. The normalized spacial score (nSPS) is 15.9. The minimum absolute atomic E-state index is 0.0792. The van der Waals surface area contributed by atoms with Crippen molar-refractivity contribution in [2.45, 2.75) is 38.1 Å². The number of nitrogens with zero attached hydrogens (tertiary/aromatic N) is 2. The van der Waals surface area contributed by atoms with Crippen molar-refractivity contribution >= 4 is 6.21 Å². The van der Waals surface area contributed by atoms with Gasteiger partial charge in [-0.3, -0.25) is 14.8 Å². The molecule has 0 radical (unpaired) electrons. The minimum Gasteiger partial charge on any atom is -0.493 e. The highest BCUT2D eigenvalue weighted by atomic mass is 19.1. The molecule has 1 aliphatic rings. The van der Waals surface area contributed by atoms with Gasteiger partial charge in [-0.05, 0) is 37.1 Å². The first-order chi connectivity index (χ1) is 11.6. The molecular formula is C17H18FN3O3. The highest BCUT2D eigenvalue weighted by Gasteiger charge is 2.16. The Balaban J connectivity index is 2.02. The second-order valence-electron chi connectivity index (χ2n) is 5.88. The third kappa shape index (κ3) is 3.29. The lowest BCUT2D eigenvalue weighted by molar-refractivity contribution is 0.429. The van der Waals surface area contributed by atoms with Gasteiger partial charge < -0.3 is 5.11 Å². The van der Waals surface area contributed by atoms with Crippen LogP contribution in [0.2, 0.25) is 0 Å². The Morgan fingerprint density at radius 1 is 1.17 bits per heavy atom. The van der Waals surface area contributed by atoms with Gasteiger partial charge >= 0.3 is 5.69 Å². The zero-order valence-electron chi connectivity index (χ0n) is 13.0. The molecule has 0 aliphatic heterocycles. The van der Waals surface area contributed by atoms with Gasteiger partial charge in [-0.25, -0.2) is 13.8 Å². The summed E-state index contributed by atoms with van der Waals surface area (Å²) >= 11 is 0. The molecule has 1 saturated carbocycles. The smallest absolute Gasteiger partial charge is 0.335 e. The van der Waals surface area contributed by atoms with E-state index in [0.29, 0.717) is 0 Å². The number of nitrogens with one attached hydrogen (secondary N) is 1. The van der Waals surface area contributed by atoms with Crippen molar-refractivity contribution < 1.29 is 9.50 Å². The van der Waals surface area contributed by atoms with Crippen molar-refractivity contribution in [2.75, 3.05) is 0 Å². The van der Waals surface area contributed by atoms with Crippen molar-refractivity contribution in [2.24, 2.45) is 4.99 Å². The van der Waals surface area contributed by atoms with Gasteiger partial charge in [0, 0.05) is 12.3 Å². The monoisotopic (exact) mass is 331 g/mol. The molecule has 0 unspecified atom stereocenters. The van der Waals surface area contributed by atoms with Crippen LogP contribution in [0.15, 0.2) is 38.8 Å². The number of halogens is 1.